The van der Waals surface area contributed by atoms with E-state index >= 15 is 0 Å². The Kier molecular flexibility index (Phi) is 5.42. The summed E-state index contributed by atoms with van der Waals surface area (Å²) < 4.78 is 37.8. The average Bonchev–Trinajstić information content (AvgIpc) is 2.40. The number of aromatic carboxylic acids is 1. The monoisotopic (exact) mass is 317 g/mol. The van der Waals surface area contributed by atoms with Gasteiger partial charge in [-0.25, -0.2) is 17.6 Å². The SMILES string of the molecule is CNC(=O)CCCS(=O)(=O)c1cc(C)c(F)c(C(=O)O)c1. The number of hydrogen-bond acceptors (Lipinski definition) is 4. The Balaban J connectivity index is 3.04. The number of carboxylic acids is 1. The first-order chi connectivity index (χ1) is 9.69. The van der Waals surface area contributed by atoms with Crippen LogP contribution in [0.15, 0.2) is 17.0 Å². The third kappa shape index (κ3) is 4.25. The molecule has 0 heterocycles. The Labute approximate surface area is 121 Å². The standard InChI is InChI=1S/C13H16FNO5S/c1-8-6-9(7-10(12(8)14)13(17)18)21(19,20)5-3-4-11(16)15-2/h6-7H,3-5H2,1-2H3,(H,15,16)(H,17,18). The van der Waals surface area contributed by atoms with Crippen LogP contribution in [0.25, 0.3) is 0 Å². The van der Waals surface area contributed by atoms with Gasteiger partial charge in [-0.15, -0.1) is 0 Å². The maximum absolute atomic E-state index is 13.6. The van der Waals surface area contributed by atoms with E-state index in [0.29, 0.717) is 0 Å². The number of carboxylic acid groups (broad SMARTS) is 1. The summed E-state index contributed by atoms with van der Waals surface area (Å²) in [5, 5.41) is 11.2. The van der Waals surface area contributed by atoms with Crippen LogP contribution in [-0.4, -0.2) is 38.2 Å². The molecule has 2 N–H and O–H groups in total. The van der Waals surface area contributed by atoms with Gasteiger partial charge in [0.2, 0.25) is 5.91 Å². The highest BCUT2D eigenvalue weighted by atomic mass is 32.2. The lowest BCUT2D eigenvalue weighted by atomic mass is 10.1. The molecule has 1 rings (SSSR count). The maximum Gasteiger partial charge on any atom is 0.338 e. The fourth-order valence-electron chi connectivity index (χ4n) is 1.74. The molecule has 21 heavy (non-hydrogen) atoms. The van der Waals surface area contributed by atoms with E-state index in [0.717, 1.165) is 12.1 Å². The predicted molar refractivity (Wildman–Crippen MR) is 73.4 cm³/mol. The summed E-state index contributed by atoms with van der Waals surface area (Å²) in [4.78, 5) is 21.7. The summed E-state index contributed by atoms with van der Waals surface area (Å²) in [5.41, 5.74) is -0.736. The van der Waals surface area contributed by atoms with Crippen LogP contribution in [0.2, 0.25) is 0 Å². The van der Waals surface area contributed by atoms with Crippen molar-refractivity contribution in [2.45, 2.75) is 24.7 Å². The highest BCUT2D eigenvalue weighted by molar-refractivity contribution is 7.91. The summed E-state index contributed by atoms with van der Waals surface area (Å²) in [5.74, 6) is -3.08. The van der Waals surface area contributed by atoms with E-state index in [2.05, 4.69) is 5.32 Å². The molecule has 0 saturated carbocycles. The van der Waals surface area contributed by atoms with E-state index in [4.69, 9.17) is 5.11 Å². The Bertz CT molecular complexity index is 669. The van der Waals surface area contributed by atoms with E-state index < -0.39 is 27.2 Å². The van der Waals surface area contributed by atoms with Crippen molar-refractivity contribution >= 4 is 21.7 Å². The number of sulfone groups is 1. The molecule has 0 aliphatic rings. The Morgan fingerprint density at radius 2 is 1.95 bits per heavy atom. The molecule has 1 amide bonds. The molecule has 1 aromatic rings. The third-order valence-electron chi connectivity index (χ3n) is 2.91. The number of carbonyl (C=O) groups is 2. The van der Waals surface area contributed by atoms with Gasteiger partial charge in [0.05, 0.1) is 16.2 Å². The second kappa shape index (κ2) is 6.66. The van der Waals surface area contributed by atoms with Gasteiger partial charge in [-0.1, -0.05) is 0 Å². The van der Waals surface area contributed by atoms with Gasteiger partial charge in [0, 0.05) is 13.5 Å². The van der Waals surface area contributed by atoms with Crippen molar-refractivity contribution in [3.63, 3.8) is 0 Å². The van der Waals surface area contributed by atoms with Crippen molar-refractivity contribution in [1.82, 2.24) is 5.32 Å². The number of aryl methyl sites for hydroxylation is 1. The van der Waals surface area contributed by atoms with E-state index in [-0.39, 0.29) is 35.0 Å². The first kappa shape index (κ1) is 17.1. The fourth-order valence-corrected chi connectivity index (χ4v) is 3.15. The quantitative estimate of drug-likeness (QED) is 0.766. The van der Waals surface area contributed by atoms with E-state index in [1.54, 1.807) is 0 Å². The second-order valence-corrected chi connectivity index (χ2v) is 6.61. The number of nitrogens with one attached hydrogen (secondary N) is 1. The second-order valence-electron chi connectivity index (χ2n) is 4.50. The summed E-state index contributed by atoms with van der Waals surface area (Å²) in [6.07, 6.45) is 0.141. The van der Waals surface area contributed by atoms with Crippen molar-refractivity contribution in [1.29, 1.82) is 0 Å². The van der Waals surface area contributed by atoms with Crippen molar-refractivity contribution in [2.75, 3.05) is 12.8 Å². The van der Waals surface area contributed by atoms with Crippen molar-refractivity contribution in [3.05, 3.63) is 29.1 Å². The lowest BCUT2D eigenvalue weighted by Crippen LogP contribution is -2.19. The first-order valence-electron chi connectivity index (χ1n) is 6.16. The summed E-state index contributed by atoms with van der Waals surface area (Å²) in [7, 11) is -2.33. The van der Waals surface area contributed by atoms with Crippen LogP contribution in [0.5, 0.6) is 0 Å². The zero-order valence-electron chi connectivity index (χ0n) is 11.6. The Hall–Kier alpha value is -1.96. The topological polar surface area (TPSA) is 101 Å². The molecule has 0 radical (unpaired) electrons. The van der Waals surface area contributed by atoms with Gasteiger partial charge in [0.15, 0.2) is 9.84 Å². The molecule has 0 unspecified atom stereocenters. The highest BCUT2D eigenvalue weighted by Gasteiger charge is 2.21. The van der Waals surface area contributed by atoms with Crippen LogP contribution in [0, 0.1) is 12.7 Å². The Morgan fingerprint density at radius 3 is 2.48 bits per heavy atom. The summed E-state index contributed by atoms with van der Waals surface area (Å²) in [6.45, 7) is 1.30. The molecule has 1 aromatic carbocycles. The molecule has 0 saturated heterocycles. The molecular formula is C13H16FNO5S. The molecule has 6 nitrogen and oxygen atoms in total. The first-order valence-corrected chi connectivity index (χ1v) is 7.81. The van der Waals surface area contributed by atoms with Gasteiger partial charge in [-0.2, -0.15) is 0 Å². The molecule has 116 valence electrons. The molecular weight excluding hydrogens is 301 g/mol. The number of halogens is 1. The van der Waals surface area contributed by atoms with Crippen molar-refractivity contribution in [3.8, 4) is 0 Å². The predicted octanol–water partition coefficient (Wildman–Crippen LogP) is 1.13. The lowest BCUT2D eigenvalue weighted by Gasteiger charge is -2.08. The van der Waals surface area contributed by atoms with Gasteiger partial charge >= 0.3 is 5.97 Å². The molecule has 0 bridgehead atoms. The minimum absolute atomic E-state index is 0.0433. The van der Waals surface area contributed by atoms with E-state index in [1.807, 2.05) is 0 Å². The van der Waals surface area contributed by atoms with Crippen LogP contribution in [0.3, 0.4) is 0 Å². The summed E-state index contributed by atoms with van der Waals surface area (Å²) in [6, 6.07) is 1.90. The molecule has 0 aliphatic heterocycles. The smallest absolute Gasteiger partial charge is 0.338 e. The van der Waals surface area contributed by atoms with Gasteiger partial charge in [0.25, 0.3) is 0 Å². The summed E-state index contributed by atoms with van der Waals surface area (Å²) >= 11 is 0. The number of rotatable bonds is 6. The van der Waals surface area contributed by atoms with E-state index in [9.17, 15) is 22.4 Å². The van der Waals surface area contributed by atoms with Gasteiger partial charge < -0.3 is 10.4 Å². The molecule has 0 atom stereocenters. The Morgan fingerprint density at radius 1 is 1.33 bits per heavy atom. The number of hydrogen-bond donors (Lipinski definition) is 2. The number of benzene rings is 1. The van der Waals surface area contributed by atoms with Gasteiger partial charge in [0.1, 0.15) is 5.82 Å². The molecule has 0 aliphatic carbocycles. The number of carbonyl (C=O) groups excluding carboxylic acids is 1. The molecule has 0 fully saturated rings. The highest BCUT2D eigenvalue weighted by Crippen LogP contribution is 2.21. The van der Waals surface area contributed by atoms with Crippen molar-refractivity contribution < 1.29 is 27.5 Å². The fraction of sp³-hybridized carbons (Fsp3) is 0.385. The minimum Gasteiger partial charge on any atom is -0.478 e. The molecule has 0 aromatic heterocycles. The van der Waals surface area contributed by atoms with E-state index in [1.165, 1.54) is 14.0 Å². The minimum atomic E-state index is -3.77. The van der Waals surface area contributed by atoms with Gasteiger partial charge in [-0.05, 0) is 31.0 Å². The third-order valence-corrected chi connectivity index (χ3v) is 4.69. The normalized spacial score (nSPS) is 11.2. The molecule has 8 heteroatoms. The van der Waals surface area contributed by atoms with Crippen LogP contribution in [0.1, 0.15) is 28.8 Å². The van der Waals surface area contributed by atoms with Crippen LogP contribution in [-0.2, 0) is 14.6 Å². The van der Waals surface area contributed by atoms with Crippen molar-refractivity contribution in [2.24, 2.45) is 0 Å². The zero-order valence-corrected chi connectivity index (χ0v) is 12.5. The molecule has 0 spiro atoms. The van der Waals surface area contributed by atoms with Crippen LogP contribution in [0.4, 0.5) is 4.39 Å². The van der Waals surface area contributed by atoms with Crippen LogP contribution >= 0.6 is 0 Å². The van der Waals surface area contributed by atoms with Crippen LogP contribution < -0.4 is 5.32 Å². The lowest BCUT2D eigenvalue weighted by molar-refractivity contribution is -0.120. The largest absolute Gasteiger partial charge is 0.478 e. The van der Waals surface area contributed by atoms with Gasteiger partial charge in [-0.3, -0.25) is 4.79 Å². The maximum atomic E-state index is 13.6. The zero-order chi connectivity index (χ0) is 16.2. The average molecular weight is 317 g/mol. The number of amides is 1.